The molecule has 5 rings (SSSR count). The standard InChI is InChI=1S/C25H29N5O2S2/c1-25(2)23(32)26-19-12-6-7-13-20(19)30(25)22(31)16-34-24-28-27-21(15-18-11-8-14-33-18)29(24)17-9-4-3-5-10-17/h6-8,11-14,17H,3-5,9-10,15-16H2,1-2H3,(H,26,32). The van der Waals surface area contributed by atoms with E-state index in [4.69, 9.17) is 0 Å². The van der Waals surface area contributed by atoms with E-state index in [1.54, 1.807) is 30.1 Å². The normalized spacial score (nSPS) is 17.9. The van der Waals surface area contributed by atoms with Gasteiger partial charge in [0, 0.05) is 17.3 Å². The molecular weight excluding hydrogens is 466 g/mol. The summed E-state index contributed by atoms with van der Waals surface area (Å²) in [5, 5.41) is 14.9. The third-order valence-electron chi connectivity index (χ3n) is 6.67. The van der Waals surface area contributed by atoms with Crippen molar-refractivity contribution >= 4 is 46.3 Å². The van der Waals surface area contributed by atoms with Crippen molar-refractivity contribution in [1.29, 1.82) is 0 Å². The minimum absolute atomic E-state index is 0.115. The van der Waals surface area contributed by atoms with E-state index < -0.39 is 5.54 Å². The number of nitrogens with one attached hydrogen (secondary N) is 1. The summed E-state index contributed by atoms with van der Waals surface area (Å²) in [7, 11) is 0. The predicted octanol–water partition coefficient (Wildman–Crippen LogP) is 5.29. The van der Waals surface area contributed by atoms with Crippen molar-refractivity contribution in [3.05, 3.63) is 52.5 Å². The first-order valence-corrected chi connectivity index (χ1v) is 13.6. The van der Waals surface area contributed by atoms with Crippen LogP contribution in [-0.2, 0) is 16.0 Å². The summed E-state index contributed by atoms with van der Waals surface area (Å²) in [6, 6.07) is 12.0. The molecule has 1 N–H and O–H groups in total. The van der Waals surface area contributed by atoms with Crippen molar-refractivity contribution in [3.63, 3.8) is 0 Å². The fourth-order valence-electron chi connectivity index (χ4n) is 4.89. The number of thiophene rings is 1. The summed E-state index contributed by atoms with van der Waals surface area (Å²) in [5.74, 6) is 0.852. The van der Waals surface area contributed by atoms with Crippen LogP contribution in [0.4, 0.5) is 11.4 Å². The number of amides is 2. The Morgan fingerprint density at radius 3 is 2.71 bits per heavy atom. The predicted molar refractivity (Wildman–Crippen MR) is 137 cm³/mol. The SMILES string of the molecule is CC1(C)C(=O)Nc2ccccc2N1C(=O)CSc1nnc(Cc2cccs2)n1C1CCCCC1. The van der Waals surface area contributed by atoms with Gasteiger partial charge >= 0.3 is 0 Å². The maximum Gasteiger partial charge on any atom is 0.250 e. The van der Waals surface area contributed by atoms with Crippen LogP contribution in [0.2, 0.25) is 0 Å². The highest BCUT2D eigenvalue weighted by Crippen LogP contribution is 2.38. The van der Waals surface area contributed by atoms with Crippen LogP contribution in [0.15, 0.2) is 46.9 Å². The number of aromatic nitrogens is 3. The van der Waals surface area contributed by atoms with Gasteiger partial charge in [-0.15, -0.1) is 21.5 Å². The number of nitrogens with zero attached hydrogens (tertiary/aromatic N) is 4. The molecule has 2 aromatic heterocycles. The first-order valence-electron chi connectivity index (χ1n) is 11.8. The van der Waals surface area contributed by atoms with Crippen LogP contribution in [0.5, 0.6) is 0 Å². The molecule has 3 heterocycles. The van der Waals surface area contributed by atoms with Crippen molar-refractivity contribution in [1.82, 2.24) is 14.8 Å². The quantitative estimate of drug-likeness (QED) is 0.470. The lowest BCUT2D eigenvalue weighted by atomic mass is 9.95. The number of benzene rings is 1. The lowest BCUT2D eigenvalue weighted by molar-refractivity contribution is -0.125. The molecule has 1 aliphatic heterocycles. The zero-order chi connectivity index (χ0) is 23.7. The molecule has 0 unspecified atom stereocenters. The van der Waals surface area contributed by atoms with Crippen molar-refractivity contribution < 1.29 is 9.59 Å². The highest BCUT2D eigenvalue weighted by Gasteiger charge is 2.43. The van der Waals surface area contributed by atoms with E-state index in [0.717, 1.165) is 35.9 Å². The van der Waals surface area contributed by atoms with E-state index in [1.165, 1.54) is 35.9 Å². The number of carbonyl (C=O) groups excluding carboxylic acids is 2. The molecule has 1 aromatic carbocycles. The van der Waals surface area contributed by atoms with Crippen LogP contribution < -0.4 is 10.2 Å². The van der Waals surface area contributed by atoms with Gasteiger partial charge in [0.15, 0.2) is 5.16 Å². The smallest absolute Gasteiger partial charge is 0.250 e. The second-order valence-corrected chi connectivity index (χ2v) is 11.3. The Morgan fingerprint density at radius 2 is 1.94 bits per heavy atom. The van der Waals surface area contributed by atoms with E-state index >= 15 is 0 Å². The van der Waals surface area contributed by atoms with Crippen LogP contribution in [0, 0.1) is 0 Å². The van der Waals surface area contributed by atoms with Gasteiger partial charge in [0.25, 0.3) is 0 Å². The fourth-order valence-corrected chi connectivity index (χ4v) is 6.47. The highest BCUT2D eigenvalue weighted by molar-refractivity contribution is 7.99. The second kappa shape index (κ2) is 9.54. The Kier molecular flexibility index (Phi) is 6.48. The lowest BCUT2D eigenvalue weighted by Gasteiger charge is -2.42. The molecule has 1 fully saturated rings. The Bertz CT molecular complexity index is 1180. The zero-order valence-corrected chi connectivity index (χ0v) is 21.1. The number of thioether (sulfide) groups is 1. The van der Waals surface area contributed by atoms with Crippen LogP contribution in [0.3, 0.4) is 0 Å². The maximum absolute atomic E-state index is 13.5. The van der Waals surface area contributed by atoms with Crippen molar-refractivity contribution in [2.75, 3.05) is 16.0 Å². The van der Waals surface area contributed by atoms with Gasteiger partial charge in [-0.05, 0) is 50.3 Å². The Morgan fingerprint density at radius 1 is 1.15 bits per heavy atom. The van der Waals surface area contributed by atoms with E-state index in [9.17, 15) is 9.59 Å². The topological polar surface area (TPSA) is 80.1 Å². The molecule has 7 nitrogen and oxygen atoms in total. The molecule has 0 radical (unpaired) electrons. The van der Waals surface area contributed by atoms with Crippen LogP contribution in [0.25, 0.3) is 0 Å². The molecule has 2 amide bonds. The molecule has 1 aliphatic carbocycles. The van der Waals surface area contributed by atoms with Crippen LogP contribution in [-0.4, -0.2) is 37.9 Å². The third kappa shape index (κ3) is 4.38. The van der Waals surface area contributed by atoms with Crippen molar-refractivity contribution in [2.45, 2.75) is 69.1 Å². The van der Waals surface area contributed by atoms with Gasteiger partial charge in [-0.2, -0.15) is 0 Å². The van der Waals surface area contributed by atoms with Gasteiger partial charge < -0.3 is 9.88 Å². The summed E-state index contributed by atoms with van der Waals surface area (Å²) in [5.41, 5.74) is 0.409. The van der Waals surface area contributed by atoms with Gasteiger partial charge in [0.2, 0.25) is 11.8 Å². The third-order valence-corrected chi connectivity index (χ3v) is 8.47. The van der Waals surface area contributed by atoms with Crippen LogP contribution in [0.1, 0.15) is 62.7 Å². The van der Waals surface area contributed by atoms with E-state index in [1.807, 2.05) is 24.3 Å². The molecule has 34 heavy (non-hydrogen) atoms. The lowest BCUT2D eigenvalue weighted by Crippen LogP contribution is -2.59. The second-order valence-electron chi connectivity index (χ2n) is 9.36. The number of fused-ring (bicyclic) bond motifs is 1. The monoisotopic (exact) mass is 495 g/mol. The Hall–Kier alpha value is -2.65. The number of hydrogen-bond donors (Lipinski definition) is 1. The summed E-state index contributed by atoms with van der Waals surface area (Å²) >= 11 is 3.15. The van der Waals surface area contributed by atoms with Gasteiger partial charge in [0.05, 0.1) is 17.1 Å². The summed E-state index contributed by atoms with van der Waals surface area (Å²) in [6.07, 6.45) is 6.66. The molecule has 0 saturated heterocycles. The number of carbonyl (C=O) groups is 2. The number of rotatable bonds is 6. The van der Waals surface area contributed by atoms with E-state index in [-0.39, 0.29) is 17.6 Å². The summed E-state index contributed by atoms with van der Waals surface area (Å²) in [4.78, 5) is 29.1. The molecular formula is C25H29N5O2S2. The van der Waals surface area contributed by atoms with Gasteiger partial charge in [0.1, 0.15) is 11.4 Å². The minimum Gasteiger partial charge on any atom is -0.322 e. The number of anilines is 2. The average Bonchev–Trinajstić information content (AvgIpc) is 3.49. The fraction of sp³-hybridized carbons (Fsp3) is 0.440. The maximum atomic E-state index is 13.5. The minimum atomic E-state index is -0.979. The Balaban J connectivity index is 1.40. The Labute approximate surface area is 208 Å². The first kappa shape index (κ1) is 23.1. The number of para-hydroxylation sites is 2. The summed E-state index contributed by atoms with van der Waals surface area (Å²) in [6.45, 7) is 3.56. The molecule has 0 atom stereocenters. The van der Waals surface area contributed by atoms with Crippen molar-refractivity contribution in [3.8, 4) is 0 Å². The van der Waals surface area contributed by atoms with E-state index in [0.29, 0.717) is 11.7 Å². The first-order chi connectivity index (χ1) is 16.4. The molecule has 2 aliphatic rings. The van der Waals surface area contributed by atoms with Gasteiger partial charge in [-0.1, -0.05) is 49.2 Å². The van der Waals surface area contributed by atoms with Gasteiger partial charge in [-0.3, -0.25) is 14.5 Å². The van der Waals surface area contributed by atoms with Gasteiger partial charge in [-0.25, -0.2) is 0 Å². The van der Waals surface area contributed by atoms with Crippen molar-refractivity contribution in [2.24, 2.45) is 0 Å². The largest absolute Gasteiger partial charge is 0.322 e. The average molecular weight is 496 g/mol. The summed E-state index contributed by atoms with van der Waals surface area (Å²) < 4.78 is 2.28. The molecule has 0 spiro atoms. The molecule has 3 aromatic rings. The number of hydrogen-bond acceptors (Lipinski definition) is 6. The highest BCUT2D eigenvalue weighted by atomic mass is 32.2. The zero-order valence-electron chi connectivity index (χ0n) is 19.5. The molecule has 9 heteroatoms. The molecule has 0 bridgehead atoms. The van der Waals surface area contributed by atoms with Crippen LogP contribution >= 0.6 is 23.1 Å². The van der Waals surface area contributed by atoms with E-state index in [2.05, 4.69) is 37.6 Å². The molecule has 1 saturated carbocycles. The molecule has 178 valence electrons.